The van der Waals surface area contributed by atoms with Gasteiger partial charge in [0.25, 0.3) is 0 Å². The molecule has 0 radical (unpaired) electrons. The highest BCUT2D eigenvalue weighted by atomic mass is 79.9. The second kappa shape index (κ2) is 6.70. The molecule has 19 heavy (non-hydrogen) atoms. The second-order valence-corrected chi connectivity index (χ2v) is 5.71. The van der Waals surface area contributed by atoms with Crippen molar-refractivity contribution < 1.29 is 14.2 Å². The molecule has 1 aromatic carbocycles. The lowest BCUT2D eigenvalue weighted by Gasteiger charge is -2.42. The first-order valence-corrected chi connectivity index (χ1v) is 7.20. The smallest absolute Gasteiger partial charge is 0.128 e. The van der Waals surface area contributed by atoms with Crippen molar-refractivity contribution in [2.24, 2.45) is 5.73 Å². The van der Waals surface area contributed by atoms with Crippen LogP contribution in [0.4, 0.5) is 0 Å². The number of nitrogens with two attached hydrogens (primary N) is 1. The third kappa shape index (κ3) is 3.69. The summed E-state index contributed by atoms with van der Waals surface area (Å²) in [6.07, 6.45) is 0.817. The number of ether oxygens (including phenoxy) is 3. The van der Waals surface area contributed by atoms with Crippen molar-refractivity contribution in [3.63, 3.8) is 0 Å². The van der Waals surface area contributed by atoms with E-state index in [1.165, 1.54) is 0 Å². The van der Waals surface area contributed by atoms with E-state index >= 15 is 0 Å². The largest absolute Gasteiger partial charge is 0.487 e. The minimum absolute atomic E-state index is 0.0340. The van der Waals surface area contributed by atoms with Crippen molar-refractivity contribution in [3.8, 4) is 5.75 Å². The molecule has 2 N–H and O–H groups in total. The summed E-state index contributed by atoms with van der Waals surface area (Å²) in [5.74, 6) is 0.889. The van der Waals surface area contributed by atoms with E-state index in [2.05, 4.69) is 15.9 Å². The highest BCUT2D eigenvalue weighted by molar-refractivity contribution is 9.10. The third-order valence-electron chi connectivity index (χ3n) is 3.31. The molecule has 106 valence electrons. The average molecular weight is 330 g/mol. The highest BCUT2D eigenvalue weighted by Gasteiger charge is 2.41. The Morgan fingerprint density at radius 1 is 1.37 bits per heavy atom. The monoisotopic (exact) mass is 329 g/mol. The minimum Gasteiger partial charge on any atom is -0.487 e. The fourth-order valence-corrected chi connectivity index (χ4v) is 2.61. The molecular weight excluding hydrogens is 310 g/mol. The number of methoxy groups -OCH3 is 1. The molecule has 0 bridgehead atoms. The number of aryl methyl sites for hydroxylation is 1. The van der Waals surface area contributed by atoms with E-state index in [0.29, 0.717) is 13.2 Å². The van der Waals surface area contributed by atoms with E-state index in [1.807, 2.05) is 25.1 Å². The van der Waals surface area contributed by atoms with Gasteiger partial charge in [0, 0.05) is 24.0 Å². The molecule has 1 aliphatic carbocycles. The number of hydrogen-bond acceptors (Lipinski definition) is 4. The molecule has 5 heteroatoms. The average Bonchev–Trinajstić information content (AvgIpc) is 2.37. The summed E-state index contributed by atoms with van der Waals surface area (Å²) >= 11 is 3.44. The third-order valence-corrected chi connectivity index (χ3v) is 3.80. The maximum atomic E-state index is 5.98. The quantitative estimate of drug-likeness (QED) is 0.813. The number of hydrogen-bond donors (Lipinski definition) is 1. The molecule has 0 heterocycles. The molecule has 1 aliphatic rings. The Bertz CT molecular complexity index is 427. The predicted molar refractivity (Wildman–Crippen MR) is 77.5 cm³/mol. The van der Waals surface area contributed by atoms with Gasteiger partial charge in [-0.25, -0.2) is 0 Å². The molecule has 4 nitrogen and oxygen atoms in total. The van der Waals surface area contributed by atoms with Gasteiger partial charge in [0.1, 0.15) is 18.0 Å². The van der Waals surface area contributed by atoms with Crippen LogP contribution in [0.15, 0.2) is 22.7 Å². The van der Waals surface area contributed by atoms with Gasteiger partial charge in [-0.15, -0.1) is 0 Å². The SMILES string of the molecule is COCCOC1C(N)CC1Oc1ccc(Br)cc1C. The molecule has 0 amide bonds. The van der Waals surface area contributed by atoms with E-state index < -0.39 is 0 Å². The summed E-state index contributed by atoms with van der Waals surface area (Å²) in [7, 11) is 1.66. The molecule has 1 aromatic rings. The molecule has 2 rings (SSSR count). The van der Waals surface area contributed by atoms with Crippen LogP contribution < -0.4 is 10.5 Å². The number of halogens is 1. The van der Waals surface area contributed by atoms with E-state index in [0.717, 1.165) is 22.2 Å². The fraction of sp³-hybridized carbons (Fsp3) is 0.571. The Hall–Kier alpha value is -0.620. The lowest BCUT2D eigenvalue weighted by Crippen LogP contribution is -2.59. The van der Waals surface area contributed by atoms with Crippen LogP contribution in [0.1, 0.15) is 12.0 Å². The Balaban J connectivity index is 1.91. The zero-order valence-corrected chi connectivity index (χ0v) is 12.9. The van der Waals surface area contributed by atoms with Crippen LogP contribution in [0.5, 0.6) is 5.75 Å². The topological polar surface area (TPSA) is 53.7 Å². The van der Waals surface area contributed by atoms with Crippen LogP contribution in [0.3, 0.4) is 0 Å². The molecule has 0 aromatic heterocycles. The Morgan fingerprint density at radius 3 is 2.79 bits per heavy atom. The van der Waals surface area contributed by atoms with Gasteiger partial charge in [-0.3, -0.25) is 0 Å². The van der Waals surface area contributed by atoms with E-state index in [-0.39, 0.29) is 18.2 Å². The zero-order valence-electron chi connectivity index (χ0n) is 11.3. The molecular formula is C14H20BrNO3. The fourth-order valence-electron chi connectivity index (χ4n) is 2.14. The Kier molecular flexibility index (Phi) is 5.21. The molecule has 0 aliphatic heterocycles. The maximum Gasteiger partial charge on any atom is 0.128 e. The van der Waals surface area contributed by atoms with E-state index in [4.69, 9.17) is 19.9 Å². The lowest BCUT2D eigenvalue weighted by atomic mass is 9.86. The highest BCUT2D eigenvalue weighted by Crippen LogP contribution is 2.30. The Labute approximate surface area is 122 Å². The van der Waals surface area contributed by atoms with Crippen LogP contribution in [-0.2, 0) is 9.47 Å². The summed E-state index contributed by atoms with van der Waals surface area (Å²) < 4.78 is 17.7. The van der Waals surface area contributed by atoms with E-state index in [1.54, 1.807) is 7.11 Å². The molecule has 1 saturated carbocycles. The normalized spacial score (nSPS) is 26.0. The van der Waals surface area contributed by atoms with Gasteiger partial charge < -0.3 is 19.9 Å². The number of benzene rings is 1. The molecule has 1 fully saturated rings. The first-order valence-electron chi connectivity index (χ1n) is 6.40. The van der Waals surface area contributed by atoms with Crippen LogP contribution in [0.2, 0.25) is 0 Å². The number of rotatable bonds is 6. The van der Waals surface area contributed by atoms with Crippen molar-refractivity contribution in [3.05, 3.63) is 28.2 Å². The van der Waals surface area contributed by atoms with Gasteiger partial charge in [-0.1, -0.05) is 15.9 Å². The van der Waals surface area contributed by atoms with Crippen molar-refractivity contribution >= 4 is 15.9 Å². The van der Waals surface area contributed by atoms with Crippen molar-refractivity contribution in [1.82, 2.24) is 0 Å². The standard InChI is InChI=1S/C14H20BrNO3/c1-9-7-10(15)3-4-12(9)19-13-8-11(16)14(13)18-6-5-17-2/h3-4,7,11,13-14H,5-6,8,16H2,1-2H3. The zero-order chi connectivity index (χ0) is 13.8. The summed E-state index contributed by atoms with van der Waals surface area (Å²) in [6.45, 7) is 3.15. The van der Waals surface area contributed by atoms with Crippen molar-refractivity contribution in [2.75, 3.05) is 20.3 Å². The first kappa shape index (κ1) is 14.8. The summed E-state index contributed by atoms with van der Waals surface area (Å²) in [6, 6.07) is 6.03. The Morgan fingerprint density at radius 2 is 2.16 bits per heavy atom. The minimum atomic E-state index is -0.0433. The van der Waals surface area contributed by atoms with Gasteiger partial charge in [-0.2, -0.15) is 0 Å². The van der Waals surface area contributed by atoms with Gasteiger partial charge in [-0.05, 0) is 30.7 Å². The predicted octanol–water partition coefficient (Wildman–Crippen LogP) is 2.27. The van der Waals surface area contributed by atoms with Gasteiger partial charge in [0.05, 0.1) is 13.2 Å². The first-order chi connectivity index (χ1) is 9.11. The summed E-state index contributed by atoms with van der Waals surface area (Å²) in [4.78, 5) is 0. The van der Waals surface area contributed by atoms with Gasteiger partial charge in [0.15, 0.2) is 0 Å². The summed E-state index contributed by atoms with van der Waals surface area (Å²) in [5.41, 5.74) is 7.06. The van der Waals surface area contributed by atoms with Crippen molar-refractivity contribution in [2.45, 2.75) is 31.6 Å². The molecule has 0 saturated heterocycles. The van der Waals surface area contributed by atoms with Crippen LogP contribution >= 0.6 is 15.9 Å². The van der Waals surface area contributed by atoms with Gasteiger partial charge in [0.2, 0.25) is 0 Å². The van der Waals surface area contributed by atoms with Crippen LogP contribution in [-0.4, -0.2) is 38.6 Å². The lowest BCUT2D eigenvalue weighted by molar-refractivity contribution is -0.107. The van der Waals surface area contributed by atoms with Gasteiger partial charge >= 0.3 is 0 Å². The molecule has 3 unspecified atom stereocenters. The van der Waals surface area contributed by atoms with Crippen LogP contribution in [0.25, 0.3) is 0 Å². The van der Waals surface area contributed by atoms with Crippen LogP contribution in [0, 0.1) is 6.92 Å². The van der Waals surface area contributed by atoms with E-state index in [9.17, 15) is 0 Å². The summed E-state index contributed by atoms with van der Waals surface area (Å²) in [5, 5.41) is 0. The van der Waals surface area contributed by atoms with Crippen molar-refractivity contribution in [1.29, 1.82) is 0 Å². The molecule has 3 atom stereocenters. The molecule has 0 spiro atoms. The second-order valence-electron chi connectivity index (χ2n) is 4.79. The maximum absolute atomic E-state index is 5.98.